The molecule has 2 atom stereocenters. The fraction of sp³-hybridized carbons (Fsp3) is 0.500. The van der Waals surface area contributed by atoms with Gasteiger partial charge in [0.15, 0.2) is 0 Å². The van der Waals surface area contributed by atoms with Crippen LogP contribution in [0.4, 0.5) is 5.69 Å². The fourth-order valence-electron chi connectivity index (χ4n) is 2.87. The summed E-state index contributed by atoms with van der Waals surface area (Å²) in [5.74, 6) is 0.954. The largest absolute Gasteiger partial charge is 0.368 e. The van der Waals surface area contributed by atoms with E-state index in [1.165, 1.54) is 31.5 Å². The van der Waals surface area contributed by atoms with Gasteiger partial charge in [-0.1, -0.05) is 11.6 Å². The van der Waals surface area contributed by atoms with Crippen molar-refractivity contribution in [1.82, 2.24) is 0 Å². The van der Waals surface area contributed by atoms with Crippen molar-refractivity contribution in [2.45, 2.75) is 25.3 Å². The number of hydrogen-bond donors (Lipinski definition) is 0. The maximum atomic E-state index is 5.88. The molecule has 74 valence electrons. The first-order valence-corrected chi connectivity index (χ1v) is 5.73. The smallest absolute Gasteiger partial charge is 0.0407 e. The van der Waals surface area contributed by atoms with Gasteiger partial charge in [-0.25, -0.2) is 0 Å². The number of halogens is 1. The third-order valence-electron chi connectivity index (χ3n) is 3.57. The first kappa shape index (κ1) is 8.60. The van der Waals surface area contributed by atoms with E-state index in [-0.39, 0.29) is 0 Å². The molecule has 2 fully saturated rings. The lowest BCUT2D eigenvalue weighted by Gasteiger charge is -2.29. The van der Waals surface area contributed by atoms with E-state index < -0.39 is 0 Å². The minimum atomic E-state index is 0.807. The molecule has 2 unspecified atom stereocenters. The molecule has 1 aromatic carbocycles. The molecule has 2 bridgehead atoms. The summed E-state index contributed by atoms with van der Waals surface area (Å²) in [5.41, 5.74) is 1.35. The zero-order chi connectivity index (χ0) is 9.54. The number of rotatable bonds is 1. The van der Waals surface area contributed by atoms with E-state index in [2.05, 4.69) is 17.0 Å². The fourth-order valence-corrected chi connectivity index (χ4v) is 3.00. The third kappa shape index (κ3) is 1.31. The Bertz CT molecular complexity index is 333. The molecule has 0 aromatic heterocycles. The molecule has 2 aliphatic rings. The van der Waals surface area contributed by atoms with E-state index >= 15 is 0 Å². The summed E-state index contributed by atoms with van der Waals surface area (Å²) >= 11 is 5.88. The number of piperidine rings is 1. The zero-order valence-corrected chi connectivity index (χ0v) is 8.87. The van der Waals surface area contributed by atoms with Gasteiger partial charge >= 0.3 is 0 Å². The summed E-state index contributed by atoms with van der Waals surface area (Å²) in [6, 6.07) is 9.07. The predicted molar refractivity (Wildman–Crippen MR) is 59.9 cm³/mol. The van der Waals surface area contributed by atoms with Gasteiger partial charge in [-0.15, -0.1) is 0 Å². The second-order valence-corrected chi connectivity index (χ2v) is 4.90. The Morgan fingerprint density at radius 2 is 1.93 bits per heavy atom. The summed E-state index contributed by atoms with van der Waals surface area (Å²) in [5, 5.41) is 0.832. The molecule has 1 saturated carbocycles. The molecular weight excluding hydrogens is 194 g/mol. The SMILES string of the molecule is Clc1ccc(N2CC3CCC2C3)cc1. The molecule has 1 saturated heterocycles. The summed E-state index contributed by atoms with van der Waals surface area (Å²) < 4.78 is 0. The van der Waals surface area contributed by atoms with Crippen LogP contribution < -0.4 is 4.90 Å². The molecule has 2 heteroatoms. The maximum absolute atomic E-state index is 5.88. The summed E-state index contributed by atoms with van der Waals surface area (Å²) in [6.45, 7) is 1.26. The van der Waals surface area contributed by atoms with Gasteiger partial charge < -0.3 is 4.90 Å². The highest BCUT2D eigenvalue weighted by atomic mass is 35.5. The van der Waals surface area contributed by atoms with E-state index in [1.54, 1.807) is 0 Å². The van der Waals surface area contributed by atoms with E-state index in [9.17, 15) is 0 Å². The Kier molecular flexibility index (Phi) is 1.94. The lowest BCUT2D eigenvalue weighted by atomic mass is 10.1. The minimum Gasteiger partial charge on any atom is -0.368 e. The number of benzene rings is 1. The molecule has 14 heavy (non-hydrogen) atoms. The summed E-state index contributed by atoms with van der Waals surface area (Å²) in [6.07, 6.45) is 4.23. The van der Waals surface area contributed by atoms with Crippen molar-refractivity contribution in [2.24, 2.45) is 5.92 Å². The highest BCUT2D eigenvalue weighted by molar-refractivity contribution is 6.30. The van der Waals surface area contributed by atoms with Crippen LogP contribution in [0.25, 0.3) is 0 Å². The summed E-state index contributed by atoms with van der Waals surface area (Å²) in [4.78, 5) is 2.55. The van der Waals surface area contributed by atoms with Crippen LogP contribution in [0, 0.1) is 5.92 Å². The standard InChI is InChI=1S/C12H14ClN/c13-10-2-5-11(6-3-10)14-8-9-1-4-12(14)7-9/h2-3,5-6,9,12H,1,4,7-8H2. The van der Waals surface area contributed by atoms with Crippen LogP contribution in [0.5, 0.6) is 0 Å². The number of fused-ring (bicyclic) bond motifs is 2. The zero-order valence-electron chi connectivity index (χ0n) is 8.12. The van der Waals surface area contributed by atoms with E-state index in [4.69, 9.17) is 11.6 Å². The van der Waals surface area contributed by atoms with Crippen LogP contribution in [0.3, 0.4) is 0 Å². The molecule has 1 heterocycles. The molecule has 0 N–H and O–H groups in total. The van der Waals surface area contributed by atoms with Crippen LogP contribution in [-0.2, 0) is 0 Å². The van der Waals surface area contributed by atoms with Gasteiger partial charge in [0, 0.05) is 23.3 Å². The van der Waals surface area contributed by atoms with Crippen molar-refractivity contribution >= 4 is 17.3 Å². The Morgan fingerprint density at radius 1 is 1.14 bits per heavy atom. The average molecular weight is 208 g/mol. The van der Waals surface area contributed by atoms with Gasteiger partial charge in [0.05, 0.1) is 0 Å². The molecular formula is C12H14ClN. The van der Waals surface area contributed by atoms with Crippen molar-refractivity contribution < 1.29 is 0 Å². The van der Waals surface area contributed by atoms with Gasteiger partial charge in [0.25, 0.3) is 0 Å². The van der Waals surface area contributed by atoms with E-state index in [0.29, 0.717) is 0 Å². The van der Waals surface area contributed by atoms with Crippen LogP contribution >= 0.6 is 11.6 Å². The molecule has 0 spiro atoms. The second-order valence-electron chi connectivity index (χ2n) is 4.46. The highest BCUT2D eigenvalue weighted by Crippen LogP contribution is 2.40. The van der Waals surface area contributed by atoms with Crippen LogP contribution in [0.2, 0.25) is 5.02 Å². The van der Waals surface area contributed by atoms with Crippen molar-refractivity contribution in [3.8, 4) is 0 Å². The Balaban J connectivity index is 1.86. The quantitative estimate of drug-likeness (QED) is 0.683. The molecule has 1 aromatic rings. The Hall–Kier alpha value is -0.690. The number of hydrogen-bond acceptors (Lipinski definition) is 1. The average Bonchev–Trinajstić information content (AvgIpc) is 2.80. The first-order valence-electron chi connectivity index (χ1n) is 5.35. The lowest BCUT2D eigenvalue weighted by Crippen LogP contribution is -2.31. The van der Waals surface area contributed by atoms with Gasteiger partial charge in [0.1, 0.15) is 0 Å². The van der Waals surface area contributed by atoms with E-state index in [1.807, 2.05) is 12.1 Å². The van der Waals surface area contributed by atoms with Gasteiger partial charge in [-0.2, -0.15) is 0 Å². The van der Waals surface area contributed by atoms with Crippen molar-refractivity contribution in [3.63, 3.8) is 0 Å². The molecule has 1 aliphatic carbocycles. The molecule has 0 amide bonds. The van der Waals surface area contributed by atoms with Crippen molar-refractivity contribution in [3.05, 3.63) is 29.3 Å². The third-order valence-corrected chi connectivity index (χ3v) is 3.82. The lowest BCUT2D eigenvalue weighted by molar-refractivity contribution is 0.553. The van der Waals surface area contributed by atoms with Gasteiger partial charge in [0.2, 0.25) is 0 Å². The minimum absolute atomic E-state index is 0.807. The predicted octanol–water partition coefficient (Wildman–Crippen LogP) is 3.33. The topological polar surface area (TPSA) is 3.24 Å². The first-order chi connectivity index (χ1) is 6.83. The van der Waals surface area contributed by atoms with E-state index in [0.717, 1.165) is 17.0 Å². The molecule has 1 aliphatic heterocycles. The normalized spacial score (nSPS) is 29.9. The van der Waals surface area contributed by atoms with Gasteiger partial charge in [-0.3, -0.25) is 0 Å². The van der Waals surface area contributed by atoms with Crippen LogP contribution in [-0.4, -0.2) is 12.6 Å². The molecule has 0 radical (unpaired) electrons. The number of nitrogens with zero attached hydrogens (tertiary/aromatic N) is 1. The number of anilines is 1. The van der Waals surface area contributed by atoms with Crippen molar-refractivity contribution in [1.29, 1.82) is 0 Å². The Labute approximate surface area is 89.7 Å². The van der Waals surface area contributed by atoms with Gasteiger partial charge in [-0.05, 0) is 49.4 Å². The Morgan fingerprint density at radius 3 is 2.50 bits per heavy atom. The van der Waals surface area contributed by atoms with Crippen molar-refractivity contribution in [2.75, 3.05) is 11.4 Å². The highest BCUT2D eigenvalue weighted by Gasteiger charge is 2.37. The maximum Gasteiger partial charge on any atom is 0.0407 e. The van der Waals surface area contributed by atoms with Crippen LogP contribution in [0.1, 0.15) is 19.3 Å². The second kappa shape index (κ2) is 3.16. The molecule has 3 rings (SSSR count). The monoisotopic (exact) mass is 207 g/mol. The summed E-state index contributed by atoms with van der Waals surface area (Å²) in [7, 11) is 0. The molecule has 1 nitrogen and oxygen atoms in total. The van der Waals surface area contributed by atoms with Crippen LogP contribution in [0.15, 0.2) is 24.3 Å².